The molecule has 2 atom stereocenters. The first-order valence-corrected chi connectivity index (χ1v) is 15.7. The summed E-state index contributed by atoms with van der Waals surface area (Å²) in [5.41, 5.74) is 4.27. The number of piperidine rings is 1. The number of anilines is 1. The number of benzene rings is 3. The van der Waals surface area contributed by atoms with E-state index in [1.807, 2.05) is 66.7 Å². The lowest BCUT2D eigenvalue weighted by atomic mass is 10.0. The van der Waals surface area contributed by atoms with Crippen molar-refractivity contribution < 1.29 is 28.4 Å². The Morgan fingerprint density at radius 3 is 2.58 bits per heavy atom. The Balaban J connectivity index is 1.00. The van der Waals surface area contributed by atoms with E-state index < -0.39 is 35.7 Å². The summed E-state index contributed by atoms with van der Waals surface area (Å²) in [4.78, 5) is 69.1. The molecule has 2 aliphatic heterocycles. The zero-order valence-electron chi connectivity index (χ0n) is 25.8. The van der Waals surface area contributed by atoms with E-state index in [1.165, 1.54) is 0 Å². The fourth-order valence-electron chi connectivity index (χ4n) is 6.31. The van der Waals surface area contributed by atoms with Crippen LogP contribution in [0.2, 0.25) is 0 Å². The number of pyridine rings is 1. The van der Waals surface area contributed by atoms with Crippen molar-refractivity contribution in [3.63, 3.8) is 0 Å². The molecule has 240 valence electrons. The van der Waals surface area contributed by atoms with Gasteiger partial charge in [-0.2, -0.15) is 0 Å². The van der Waals surface area contributed by atoms with E-state index in [2.05, 4.69) is 20.9 Å². The fraction of sp³-hybridized carbons (Fsp3) is 0.189. The quantitative estimate of drug-likeness (QED) is 0.191. The monoisotopic (exact) mass is 641 g/mol. The van der Waals surface area contributed by atoms with Crippen molar-refractivity contribution in [2.24, 2.45) is 0 Å². The number of carbonyl (C=O) groups excluding carboxylic acids is 5. The van der Waals surface area contributed by atoms with Crippen LogP contribution in [0.3, 0.4) is 0 Å². The Labute approximate surface area is 275 Å². The van der Waals surface area contributed by atoms with Gasteiger partial charge in [0.2, 0.25) is 17.7 Å². The number of aromatic nitrogens is 1. The van der Waals surface area contributed by atoms with Gasteiger partial charge in [-0.15, -0.1) is 0 Å². The van der Waals surface area contributed by atoms with Crippen LogP contribution in [0.5, 0.6) is 0 Å². The molecule has 48 heavy (non-hydrogen) atoms. The molecule has 2 unspecified atom stereocenters. The van der Waals surface area contributed by atoms with Gasteiger partial charge >= 0.3 is 0 Å². The molecule has 1 fully saturated rings. The van der Waals surface area contributed by atoms with Crippen molar-refractivity contribution in [3.05, 3.63) is 131 Å². The number of amides is 5. The maximum absolute atomic E-state index is 13.4. The summed E-state index contributed by atoms with van der Waals surface area (Å²) in [6, 6.07) is 24.5. The first-order valence-electron chi connectivity index (χ1n) is 15.7. The van der Waals surface area contributed by atoms with Gasteiger partial charge in [0, 0.05) is 42.0 Å². The second-order valence-electron chi connectivity index (χ2n) is 11.8. The van der Waals surface area contributed by atoms with Gasteiger partial charge < -0.3 is 15.1 Å². The third-order valence-corrected chi connectivity index (χ3v) is 8.61. The summed E-state index contributed by atoms with van der Waals surface area (Å²) < 4.78 is 6.10. The average Bonchev–Trinajstić information content (AvgIpc) is 3.63. The average molecular weight is 642 g/mol. The minimum absolute atomic E-state index is 0.0576. The van der Waals surface area contributed by atoms with Crippen molar-refractivity contribution in [1.82, 2.24) is 20.5 Å². The summed E-state index contributed by atoms with van der Waals surface area (Å²) in [5, 5.41) is 9.55. The summed E-state index contributed by atoms with van der Waals surface area (Å²) in [6.07, 6.45) is 4.27. The first-order chi connectivity index (χ1) is 23.4. The van der Waals surface area contributed by atoms with Crippen LogP contribution in [0.25, 0.3) is 11.0 Å². The number of para-hydroxylation sites is 1. The zero-order valence-corrected chi connectivity index (χ0v) is 25.8. The number of nitrogens with zero attached hydrogens (tertiary/aromatic N) is 2. The molecule has 0 spiro atoms. The van der Waals surface area contributed by atoms with E-state index in [0.29, 0.717) is 24.4 Å². The van der Waals surface area contributed by atoms with Gasteiger partial charge in [-0.05, 0) is 54.3 Å². The van der Waals surface area contributed by atoms with Gasteiger partial charge in [0.15, 0.2) is 0 Å². The predicted molar refractivity (Wildman–Crippen MR) is 176 cm³/mol. The zero-order chi connectivity index (χ0) is 33.2. The molecular formula is C37H31N5O6. The molecule has 5 aromatic rings. The Kier molecular flexibility index (Phi) is 8.24. The number of rotatable bonds is 10. The third kappa shape index (κ3) is 6.05. The van der Waals surface area contributed by atoms with Gasteiger partial charge in [-0.1, -0.05) is 54.6 Å². The molecule has 3 aromatic carbocycles. The number of imide groups is 2. The second kappa shape index (κ2) is 13.0. The number of hydrogen-bond acceptors (Lipinski definition) is 8. The van der Waals surface area contributed by atoms with Crippen molar-refractivity contribution in [1.29, 1.82) is 0 Å². The largest absolute Gasteiger partial charge is 0.459 e. The highest BCUT2D eigenvalue weighted by atomic mass is 16.3. The molecule has 1 saturated heterocycles. The van der Waals surface area contributed by atoms with Gasteiger partial charge in [-0.25, -0.2) is 0 Å². The van der Waals surface area contributed by atoms with E-state index in [1.54, 1.807) is 30.6 Å². The molecule has 4 heterocycles. The molecule has 0 radical (unpaired) electrons. The number of fused-ring (bicyclic) bond motifs is 2. The van der Waals surface area contributed by atoms with Crippen LogP contribution in [0.15, 0.2) is 102 Å². The Hall–Kier alpha value is -6.10. The van der Waals surface area contributed by atoms with Crippen LogP contribution >= 0.6 is 0 Å². The van der Waals surface area contributed by atoms with Crippen LogP contribution in [-0.2, 0) is 27.2 Å². The lowest BCUT2D eigenvalue weighted by molar-refractivity contribution is -0.136. The van der Waals surface area contributed by atoms with Crippen molar-refractivity contribution >= 4 is 46.2 Å². The lowest BCUT2D eigenvalue weighted by Crippen LogP contribution is -2.54. The minimum atomic E-state index is -1.03. The Morgan fingerprint density at radius 1 is 0.938 bits per heavy atom. The predicted octanol–water partition coefficient (Wildman–Crippen LogP) is 4.33. The van der Waals surface area contributed by atoms with E-state index in [-0.39, 0.29) is 36.3 Å². The molecule has 3 N–H and O–H groups in total. The number of carbonyl (C=O) groups is 5. The molecule has 11 nitrogen and oxygen atoms in total. The smallest absolute Gasteiger partial charge is 0.264 e. The number of nitrogens with one attached hydrogen (secondary N) is 3. The first kappa shape index (κ1) is 30.5. The summed E-state index contributed by atoms with van der Waals surface area (Å²) in [6.45, 7) is 0.446. The van der Waals surface area contributed by atoms with E-state index in [9.17, 15) is 24.0 Å². The van der Waals surface area contributed by atoms with Crippen LogP contribution in [0.1, 0.15) is 62.1 Å². The lowest BCUT2D eigenvalue weighted by Gasteiger charge is -2.27. The molecule has 7 rings (SSSR count). The van der Waals surface area contributed by atoms with E-state index in [4.69, 9.17) is 4.42 Å². The summed E-state index contributed by atoms with van der Waals surface area (Å²) in [7, 11) is 0. The van der Waals surface area contributed by atoms with Crippen molar-refractivity contribution in [3.8, 4) is 0 Å². The summed E-state index contributed by atoms with van der Waals surface area (Å²) >= 11 is 0. The molecule has 2 aliphatic rings. The van der Waals surface area contributed by atoms with Crippen LogP contribution in [0.4, 0.5) is 5.69 Å². The fourth-order valence-corrected chi connectivity index (χ4v) is 6.31. The minimum Gasteiger partial charge on any atom is -0.459 e. The molecule has 2 aromatic heterocycles. The highest BCUT2D eigenvalue weighted by Crippen LogP contribution is 2.32. The molecular weight excluding hydrogens is 610 g/mol. The summed E-state index contributed by atoms with van der Waals surface area (Å²) in [5.74, 6) is -1.74. The maximum atomic E-state index is 13.4. The molecule has 11 heteroatoms. The van der Waals surface area contributed by atoms with Gasteiger partial charge in [0.25, 0.3) is 11.8 Å². The number of hydrogen-bond donors (Lipinski definition) is 3. The van der Waals surface area contributed by atoms with Crippen molar-refractivity contribution in [2.75, 3.05) is 11.9 Å². The Morgan fingerprint density at radius 2 is 1.77 bits per heavy atom. The van der Waals surface area contributed by atoms with Gasteiger partial charge in [0.05, 0.1) is 17.5 Å². The second-order valence-corrected chi connectivity index (χ2v) is 11.8. The van der Waals surface area contributed by atoms with Crippen molar-refractivity contribution in [2.45, 2.75) is 37.8 Å². The van der Waals surface area contributed by atoms with E-state index in [0.717, 1.165) is 32.6 Å². The van der Waals surface area contributed by atoms with Gasteiger partial charge in [0.1, 0.15) is 23.4 Å². The standard InChI is InChI=1S/C37H31N5O6/c43-31-14-13-28(35(45)41-31)42-36(46)26-10-4-11-27(33(26)37(42)47)39-17-15-22-6-3-7-23(18-22)19-32(44)40-34(25-9-5-16-38-21-25)30-20-24-8-1-2-12-29(24)48-30/h1-12,16,18,20-21,28,34,39H,13-15,17,19H2,(H,40,44)(H,41,43,45). The molecule has 0 aliphatic carbocycles. The molecule has 0 saturated carbocycles. The van der Waals surface area contributed by atoms with E-state index >= 15 is 0 Å². The van der Waals surface area contributed by atoms with Crippen LogP contribution in [-0.4, -0.2) is 52.0 Å². The molecule has 0 bridgehead atoms. The van der Waals surface area contributed by atoms with Crippen LogP contribution < -0.4 is 16.0 Å². The highest BCUT2D eigenvalue weighted by molar-refractivity contribution is 6.25. The maximum Gasteiger partial charge on any atom is 0.264 e. The van der Waals surface area contributed by atoms with Crippen LogP contribution in [0, 0.1) is 0 Å². The highest BCUT2D eigenvalue weighted by Gasteiger charge is 2.45. The molecule has 5 amide bonds. The SMILES string of the molecule is O=C1CCC(N2C(=O)c3cccc(NCCc4cccc(CC(=O)NC(c5cccnc5)c5cc6ccccc6o5)c4)c3C2=O)C(=O)N1. The normalized spacial score (nSPS) is 16.5. The Bertz CT molecular complexity index is 2040. The number of furan rings is 1. The third-order valence-electron chi connectivity index (χ3n) is 8.61. The van der Waals surface area contributed by atoms with Gasteiger partial charge in [-0.3, -0.25) is 39.2 Å². The topological polar surface area (TPSA) is 151 Å².